The first kappa shape index (κ1) is 16.1. The van der Waals surface area contributed by atoms with Gasteiger partial charge in [-0.3, -0.25) is 0 Å². The molecule has 0 saturated heterocycles. The van der Waals surface area contributed by atoms with Crippen molar-refractivity contribution < 1.29 is 14.6 Å². The number of nitrogens with two attached hydrogens (primary N) is 1. The zero-order valence-corrected chi connectivity index (χ0v) is 12.6. The third-order valence-electron chi connectivity index (χ3n) is 2.85. The summed E-state index contributed by atoms with van der Waals surface area (Å²) in [7, 11) is 3.23. The van der Waals surface area contributed by atoms with Gasteiger partial charge in [-0.25, -0.2) is 0 Å². The number of rotatable bonds is 8. The third-order valence-corrected chi connectivity index (χ3v) is 4.25. The van der Waals surface area contributed by atoms with Crippen LogP contribution in [0, 0.1) is 5.92 Å². The van der Waals surface area contributed by atoms with Gasteiger partial charge in [-0.15, -0.1) is 0 Å². The lowest BCUT2D eigenvalue weighted by Crippen LogP contribution is -2.15. The standard InChI is InChI=1S/C14H23NO3S/c1-10(7-16)8-19-9-12(15)11-4-5-13(17-2)14(6-11)18-3/h4-6,10,12,16H,7-9,15H2,1-3H3. The van der Waals surface area contributed by atoms with Gasteiger partial charge in [0.05, 0.1) is 14.2 Å². The second-order valence-electron chi connectivity index (χ2n) is 4.55. The van der Waals surface area contributed by atoms with Gasteiger partial charge in [0.25, 0.3) is 0 Å². The van der Waals surface area contributed by atoms with Gasteiger partial charge in [-0.1, -0.05) is 13.0 Å². The zero-order chi connectivity index (χ0) is 14.3. The average Bonchev–Trinajstić information content (AvgIpc) is 2.45. The SMILES string of the molecule is COc1ccc(C(N)CSCC(C)CO)cc1OC. The molecule has 1 aromatic carbocycles. The van der Waals surface area contributed by atoms with Crippen LogP contribution in [0.1, 0.15) is 18.5 Å². The van der Waals surface area contributed by atoms with Crippen molar-refractivity contribution in [2.75, 3.05) is 32.3 Å². The maximum Gasteiger partial charge on any atom is 0.161 e. The average molecular weight is 285 g/mol. The Morgan fingerprint density at radius 2 is 1.89 bits per heavy atom. The van der Waals surface area contributed by atoms with Crippen molar-refractivity contribution in [3.8, 4) is 11.5 Å². The third kappa shape index (κ3) is 4.93. The first-order chi connectivity index (χ1) is 9.12. The van der Waals surface area contributed by atoms with Gasteiger partial charge in [0.1, 0.15) is 0 Å². The van der Waals surface area contributed by atoms with Crippen molar-refractivity contribution in [2.45, 2.75) is 13.0 Å². The Morgan fingerprint density at radius 1 is 1.21 bits per heavy atom. The number of aliphatic hydroxyl groups is 1. The molecule has 4 nitrogen and oxygen atoms in total. The lowest BCUT2D eigenvalue weighted by molar-refractivity contribution is 0.250. The Bertz CT molecular complexity index is 387. The molecule has 5 heteroatoms. The van der Waals surface area contributed by atoms with E-state index in [2.05, 4.69) is 0 Å². The number of hydrogen-bond acceptors (Lipinski definition) is 5. The Kier molecular flexibility index (Phi) is 7.05. The van der Waals surface area contributed by atoms with Gasteiger partial charge in [-0.2, -0.15) is 11.8 Å². The highest BCUT2D eigenvalue weighted by Crippen LogP contribution is 2.30. The quantitative estimate of drug-likeness (QED) is 0.765. The predicted octanol–water partition coefficient (Wildman–Crippen LogP) is 2.07. The van der Waals surface area contributed by atoms with Crippen molar-refractivity contribution >= 4 is 11.8 Å². The first-order valence-electron chi connectivity index (χ1n) is 6.28. The van der Waals surface area contributed by atoms with E-state index in [1.807, 2.05) is 25.1 Å². The van der Waals surface area contributed by atoms with E-state index >= 15 is 0 Å². The normalized spacial score (nSPS) is 13.9. The highest BCUT2D eigenvalue weighted by atomic mass is 32.2. The predicted molar refractivity (Wildman–Crippen MR) is 80.0 cm³/mol. The van der Waals surface area contributed by atoms with Crippen LogP contribution in [0.25, 0.3) is 0 Å². The monoisotopic (exact) mass is 285 g/mol. The molecule has 3 N–H and O–H groups in total. The zero-order valence-electron chi connectivity index (χ0n) is 11.8. The minimum absolute atomic E-state index is 0.0456. The van der Waals surface area contributed by atoms with Crippen molar-refractivity contribution in [2.24, 2.45) is 11.7 Å². The molecular formula is C14H23NO3S. The van der Waals surface area contributed by atoms with Gasteiger partial charge in [0.2, 0.25) is 0 Å². The molecule has 0 aliphatic carbocycles. The summed E-state index contributed by atoms with van der Waals surface area (Å²) in [6.45, 7) is 2.24. The molecule has 108 valence electrons. The van der Waals surface area contributed by atoms with Crippen molar-refractivity contribution in [1.29, 1.82) is 0 Å². The number of thioether (sulfide) groups is 1. The minimum atomic E-state index is -0.0456. The molecule has 0 heterocycles. The van der Waals surface area contributed by atoms with Crippen LogP contribution in [-0.2, 0) is 0 Å². The summed E-state index contributed by atoms with van der Waals surface area (Å²) < 4.78 is 10.5. The number of aliphatic hydroxyl groups excluding tert-OH is 1. The Labute approximate surface area is 119 Å². The molecule has 0 radical (unpaired) electrons. The van der Waals surface area contributed by atoms with E-state index in [9.17, 15) is 0 Å². The summed E-state index contributed by atoms with van der Waals surface area (Å²) in [5.41, 5.74) is 7.19. The lowest BCUT2D eigenvalue weighted by atomic mass is 10.1. The topological polar surface area (TPSA) is 64.7 Å². The van der Waals surface area contributed by atoms with E-state index in [0.717, 1.165) is 17.1 Å². The summed E-state index contributed by atoms with van der Waals surface area (Å²) in [5, 5.41) is 8.97. The van der Waals surface area contributed by atoms with Gasteiger partial charge in [0.15, 0.2) is 11.5 Å². The Hall–Kier alpha value is -0.910. The maximum absolute atomic E-state index is 8.97. The van der Waals surface area contributed by atoms with E-state index in [-0.39, 0.29) is 12.6 Å². The largest absolute Gasteiger partial charge is 0.493 e. The maximum atomic E-state index is 8.97. The van der Waals surface area contributed by atoms with Gasteiger partial charge in [0, 0.05) is 18.4 Å². The van der Waals surface area contributed by atoms with Crippen LogP contribution in [0.2, 0.25) is 0 Å². The molecular weight excluding hydrogens is 262 g/mol. The van der Waals surface area contributed by atoms with Crippen molar-refractivity contribution in [1.82, 2.24) is 0 Å². The smallest absolute Gasteiger partial charge is 0.161 e. The second kappa shape index (κ2) is 8.30. The first-order valence-corrected chi connectivity index (χ1v) is 7.44. The molecule has 0 saturated carbocycles. The number of benzene rings is 1. The van der Waals surface area contributed by atoms with E-state index in [1.165, 1.54) is 0 Å². The van der Waals surface area contributed by atoms with Crippen LogP contribution in [0.15, 0.2) is 18.2 Å². The van der Waals surface area contributed by atoms with Crippen molar-refractivity contribution in [3.63, 3.8) is 0 Å². The molecule has 1 rings (SSSR count). The van der Waals surface area contributed by atoms with Crippen LogP contribution < -0.4 is 15.2 Å². The fourth-order valence-corrected chi connectivity index (χ4v) is 2.72. The fraction of sp³-hybridized carbons (Fsp3) is 0.571. The summed E-state index contributed by atoms with van der Waals surface area (Å²) in [6, 6.07) is 5.70. The molecule has 0 fully saturated rings. The van der Waals surface area contributed by atoms with Crippen LogP contribution in [0.5, 0.6) is 11.5 Å². The van der Waals surface area contributed by atoms with Gasteiger partial charge >= 0.3 is 0 Å². The Balaban J connectivity index is 2.59. The molecule has 1 aromatic rings. The molecule has 0 bridgehead atoms. The molecule has 2 unspecified atom stereocenters. The summed E-state index contributed by atoms with van der Waals surface area (Å²) in [4.78, 5) is 0. The fourth-order valence-electron chi connectivity index (χ4n) is 1.63. The second-order valence-corrected chi connectivity index (χ2v) is 5.62. The number of methoxy groups -OCH3 is 2. The minimum Gasteiger partial charge on any atom is -0.493 e. The summed E-state index contributed by atoms with van der Waals surface area (Å²) in [6.07, 6.45) is 0. The van der Waals surface area contributed by atoms with E-state index in [1.54, 1.807) is 26.0 Å². The molecule has 0 aliphatic rings. The van der Waals surface area contributed by atoms with Gasteiger partial charge in [-0.05, 0) is 29.4 Å². The molecule has 2 atom stereocenters. The summed E-state index contributed by atoms with van der Waals surface area (Å²) >= 11 is 1.76. The summed E-state index contributed by atoms with van der Waals surface area (Å²) in [5.74, 6) is 3.45. The van der Waals surface area contributed by atoms with Crippen LogP contribution in [0.4, 0.5) is 0 Å². The van der Waals surface area contributed by atoms with Gasteiger partial charge < -0.3 is 20.3 Å². The Morgan fingerprint density at radius 3 is 2.47 bits per heavy atom. The number of hydrogen-bond donors (Lipinski definition) is 2. The van der Waals surface area contributed by atoms with Crippen molar-refractivity contribution in [3.05, 3.63) is 23.8 Å². The van der Waals surface area contributed by atoms with E-state index in [4.69, 9.17) is 20.3 Å². The van der Waals surface area contributed by atoms with E-state index < -0.39 is 0 Å². The van der Waals surface area contributed by atoms with Crippen LogP contribution in [-0.4, -0.2) is 37.4 Å². The van der Waals surface area contributed by atoms with Crippen LogP contribution >= 0.6 is 11.8 Å². The molecule has 19 heavy (non-hydrogen) atoms. The molecule has 0 spiro atoms. The highest BCUT2D eigenvalue weighted by Gasteiger charge is 2.11. The lowest BCUT2D eigenvalue weighted by Gasteiger charge is -2.15. The molecule has 0 aromatic heterocycles. The highest BCUT2D eigenvalue weighted by molar-refractivity contribution is 7.99. The number of ether oxygens (including phenoxy) is 2. The molecule has 0 aliphatic heterocycles. The van der Waals surface area contributed by atoms with E-state index in [0.29, 0.717) is 17.4 Å². The van der Waals surface area contributed by atoms with Crippen LogP contribution in [0.3, 0.4) is 0 Å². The molecule has 0 amide bonds.